The third-order valence-electron chi connectivity index (χ3n) is 12.5. The molecular weight excluding hydrogens is 585 g/mol. The largest absolute Gasteiger partial charge is 0.469 e. The van der Waals surface area contributed by atoms with E-state index in [1.54, 1.807) is 0 Å². The molecule has 0 aliphatic heterocycles. The van der Waals surface area contributed by atoms with Crippen LogP contribution in [0.15, 0.2) is 11.1 Å². The molecule has 4 aliphatic rings. The maximum Gasteiger partial charge on any atom is 0.469 e. The summed E-state index contributed by atoms with van der Waals surface area (Å²) in [6.07, 6.45) is 5.02. The van der Waals surface area contributed by atoms with Gasteiger partial charge in [-0.15, -0.1) is 0 Å². The van der Waals surface area contributed by atoms with Crippen molar-refractivity contribution in [2.45, 2.75) is 125 Å². The smallest absolute Gasteiger partial charge is 0.458 e. The van der Waals surface area contributed by atoms with Gasteiger partial charge in [0.05, 0.1) is 18.8 Å². The highest BCUT2D eigenvalue weighted by atomic mass is 31.2. The predicted octanol–water partition coefficient (Wildman–Crippen LogP) is 4.89. The lowest BCUT2D eigenvalue weighted by Gasteiger charge is -2.69. The molecule has 0 saturated heterocycles. The molecule has 0 aromatic rings. The van der Waals surface area contributed by atoms with Gasteiger partial charge in [0.1, 0.15) is 6.10 Å². The minimum absolute atomic E-state index is 0.00491. The second kappa shape index (κ2) is 13.1. The van der Waals surface area contributed by atoms with Crippen molar-refractivity contribution in [1.29, 1.82) is 0 Å². The standard InChI is InChI=1S/C33H56NO9P/c1-19(2)9-8-10-22(30(38)34-15-16-42-44(39,40)41)28-24-17-26(37)29-31(5)13-12-25(36)20(3)23(31)11-14-32(29,6)33(24,7)18-27(28)43-21(4)35/h19-20,23-27,29,36-37H,8-18H2,1-7H3,(H,34,38)(H2,39,40,41)/b28-22+/t20-,23-,24-,25+,26+,27-,29?,31-,32-,33-/m0/s1. The lowest BCUT2D eigenvalue weighted by atomic mass is 9.36. The van der Waals surface area contributed by atoms with Crippen LogP contribution in [0.1, 0.15) is 106 Å². The summed E-state index contributed by atoms with van der Waals surface area (Å²) in [6.45, 7) is 14.2. The third-order valence-corrected chi connectivity index (χ3v) is 13.0. The van der Waals surface area contributed by atoms with Crippen LogP contribution in [-0.2, 0) is 23.4 Å². The van der Waals surface area contributed by atoms with E-state index in [1.165, 1.54) is 6.92 Å². The van der Waals surface area contributed by atoms with E-state index in [0.717, 1.165) is 44.1 Å². The molecular formula is C33H56NO9P. The van der Waals surface area contributed by atoms with Gasteiger partial charge in [0.15, 0.2) is 0 Å². The topological polar surface area (TPSA) is 163 Å². The summed E-state index contributed by atoms with van der Waals surface area (Å²) >= 11 is 0. The van der Waals surface area contributed by atoms with E-state index in [1.807, 2.05) is 0 Å². The van der Waals surface area contributed by atoms with Crippen molar-refractivity contribution in [3.8, 4) is 0 Å². The van der Waals surface area contributed by atoms with Crippen LogP contribution >= 0.6 is 7.82 Å². The number of phosphoric ester groups is 1. The normalized spacial score (nSPS) is 41.4. The van der Waals surface area contributed by atoms with E-state index >= 15 is 0 Å². The highest BCUT2D eigenvalue weighted by molar-refractivity contribution is 7.46. The van der Waals surface area contributed by atoms with Crippen molar-refractivity contribution >= 4 is 19.7 Å². The van der Waals surface area contributed by atoms with E-state index in [0.29, 0.717) is 36.7 Å². The second-order valence-electron chi connectivity index (χ2n) is 15.4. The summed E-state index contributed by atoms with van der Waals surface area (Å²) in [4.78, 5) is 44.4. The molecule has 0 bridgehead atoms. The molecule has 44 heavy (non-hydrogen) atoms. The molecule has 4 rings (SSSR count). The molecule has 0 aromatic heterocycles. The van der Waals surface area contributed by atoms with Crippen LogP contribution in [0.2, 0.25) is 0 Å². The molecule has 5 N–H and O–H groups in total. The van der Waals surface area contributed by atoms with Crippen LogP contribution in [0.3, 0.4) is 0 Å². The number of aliphatic hydroxyl groups is 2. The number of carbonyl (C=O) groups excluding carboxylic acids is 2. The number of phosphoric acid groups is 1. The van der Waals surface area contributed by atoms with Crippen LogP contribution in [0.4, 0.5) is 0 Å². The number of esters is 1. The van der Waals surface area contributed by atoms with Gasteiger partial charge in [-0.3, -0.25) is 14.1 Å². The quantitative estimate of drug-likeness (QED) is 0.0968. The average molecular weight is 642 g/mol. The Morgan fingerprint density at radius 3 is 2.36 bits per heavy atom. The zero-order valence-electron chi connectivity index (χ0n) is 27.7. The fourth-order valence-electron chi connectivity index (χ4n) is 10.4. The number of hydrogen-bond acceptors (Lipinski definition) is 7. The van der Waals surface area contributed by atoms with Crippen LogP contribution in [0.25, 0.3) is 0 Å². The van der Waals surface area contributed by atoms with E-state index in [2.05, 4.69) is 51.4 Å². The van der Waals surface area contributed by atoms with Gasteiger partial charge in [-0.2, -0.15) is 0 Å². The van der Waals surface area contributed by atoms with E-state index in [9.17, 15) is 24.4 Å². The lowest BCUT2D eigenvalue weighted by molar-refractivity contribution is -0.234. The summed E-state index contributed by atoms with van der Waals surface area (Å²) in [5, 5.41) is 25.6. The van der Waals surface area contributed by atoms with Gasteiger partial charge in [-0.05, 0) is 103 Å². The first-order valence-electron chi connectivity index (χ1n) is 16.6. The van der Waals surface area contributed by atoms with E-state index in [4.69, 9.17) is 14.5 Å². The number of fused-ring (bicyclic) bond motifs is 5. The number of rotatable bonds is 10. The van der Waals surface area contributed by atoms with Gasteiger partial charge in [-0.1, -0.05) is 48.0 Å². The maximum absolute atomic E-state index is 13.8. The molecule has 0 spiro atoms. The highest BCUT2D eigenvalue weighted by Gasteiger charge is 2.70. The Hall–Kier alpha value is -1.29. The average Bonchev–Trinajstić information content (AvgIpc) is 3.17. The van der Waals surface area contributed by atoms with Crippen molar-refractivity contribution in [1.82, 2.24) is 5.32 Å². The first kappa shape index (κ1) is 35.6. The highest BCUT2D eigenvalue weighted by Crippen LogP contribution is 2.74. The molecule has 11 heteroatoms. The Labute approximate surface area is 263 Å². The molecule has 252 valence electrons. The van der Waals surface area contributed by atoms with Crippen LogP contribution in [0.5, 0.6) is 0 Å². The van der Waals surface area contributed by atoms with Crippen molar-refractivity contribution < 1.29 is 43.4 Å². The summed E-state index contributed by atoms with van der Waals surface area (Å²) in [5.41, 5.74) is 0.550. The summed E-state index contributed by atoms with van der Waals surface area (Å²) in [6, 6.07) is 0. The van der Waals surface area contributed by atoms with Crippen molar-refractivity contribution in [3.05, 3.63) is 11.1 Å². The Morgan fingerprint density at radius 1 is 1.07 bits per heavy atom. The second-order valence-corrected chi connectivity index (χ2v) is 16.6. The Morgan fingerprint density at radius 2 is 1.75 bits per heavy atom. The zero-order chi connectivity index (χ0) is 32.8. The van der Waals surface area contributed by atoms with Crippen LogP contribution in [-0.4, -0.2) is 63.3 Å². The van der Waals surface area contributed by atoms with Gasteiger partial charge < -0.3 is 30.1 Å². The molecule has 4 aliphatic carbocycles. The van der Waals surface area contributed by atoms with E-state index < -0.39 is 26.0 Å². The van der Waals surface area contributed by atoms with Gasteiger partial charge in [0.25, 0.3) is 0 Å². The molecule has 10 atom stereocenters. The van der Waals surface area contributed by atoms with Crippen LogP contribution < -0.4 is 5.32 Å². The third kappa shape index (κ3) is 6.59. The maximum atomic E-state index is 13.8. The minimum Gasteiger partial charge on any atom is -0.458 e. The van der Waals surface area contributed by atoms with Gasteiger partial charge >= 0.3 is 13.8 Å². The molecule has 1 unspecified atom stereocenters. The van der Waals surface area contributed by atoms with E-state index in [-0.39, 0.29) is 59.2 Å². The van der Waals surface area contributed by atoms with Gasteiger partial charge in [0.2, 0.25) is 5.91 Å². The summed E-state index contributed by atoms with van der Waals surface area (Å²) < 4.78 is 21.7. The van der Waals surface area contributed by atoms with Crippen molar-refractivity contribution in [2.24, 2.45) is 45.8 Å². The molecule has 1 amide bonds. The Bertz CT molecular complexity index is 1170. The molecule has 4 saturated carbocycles. The zero-order valence-corrected chi connectivity index (χ0v) is 28.6. The lowest BCUT2D eigenvalue weighted by Crippen LogP contribution is -2.65. The van der Waals surface area contributed by atoms with Crippen LogP contribution in [0, 0.1) is 45.8 Å². The fourth-order valence-corrected chi connectivity index (χ4v) is 10.8. The fraction of sp³-hybridized carbons (Fsp3) is 0.879. The molecule has 0 radical (unpaired) electrons. The van der Waals surface area contributed by atoms with Gasteiger partial charge in [-0.25, -0.2) is 4.57 Å². The number of aliphatic hydroxyl groups excluding tert-OH is 2. The first-order chi connectivity index (χ1) is 20.4. The molecule has 10 nitrogen and oxygen atoms in total. The number of ether oxygens (including phenoxy) is 1. The molecule has 0 heterocycles. The number of carbonyl (C=O) groups is 2. The number of hydrogen-bond donors (Lipinski definition) is 5. The Balaban J connectivity index is 1.76. The Kier molecular flexibility index (Phi) is 10.6. The first-order valence-corrected chi connectivity index (χ1v) is 18.1. The van der Waals surface area contributed by atoms with Crippen molar-refractivity contribution in [3.63, 3.8) is 0 Å². The molecule has 4 fully saturated rings. The summed E-state index contributed by atoms with van der Waals surface area (Å²) in [5.74, 6) is -0.0390. The van der Waals surface area contributed by atoms with Crippen molar-refractivity contribution in [2.75, 3.05) is 13.2 Å². The minimum atomic E-state index is -4.67. The summed E-state index contributed by atoms with van der Waals surface area (Å²) in [7, 11) is -4.67. The SMILES string of the molecule is CC(=O)O[C@H]1C[C@@]2(C)[C@@H](C[C@@H](O)C3[C@]2(C)CC[C@H]2[C@H](C)[C@H](O)CC[C@]32C)/C1=C(/CCCC(C)C)C(=O)NCCOP(=O)(O)O. The monoisotopic (exact) mass is 641 g/mol. The number of nitrogens with one attached hydrogen (secondary N) is 1. The van der Waals surface area contributed by atoms with Gasteiger partial charge in [0, 0.05) is 19.0 Å². The molecule has 0 aromatic carbocycles. The predicted molar refractivity (Wildman–Crippen MR) is 166 cm³/mol. The number of amides is 1.